The molecule has 116 valence electrons. The van der Waals surface area contributed by atoms with Gasteiger partial charge in [-0.1, -0.05) is 31.2 Å². The summed E-state index contributed by atoms with van der Waals surface area (Å²) in [6.45, 7) is 5.11. The summed E-state index contributed by atoms with van der Waals surface area (Å²) in [7, 11) is 1.83. The summed E-state index contributed by atoms with van der Waals surface area (Å²) in [5.74, 6) is 1.42. The highest BCUT2D eigenvalue weighted by molar-refractivity contribution is 5.36. The molecule has 1 saturated heterocycles. The van der Waals surface area contributed by atoms with Crippen LogP contribution in [0, 0.1) is 5.92 Å². The minimum atomic E-state index is 0.334. The summed E-state index contributed by atoms with van der Waals surface area (Å²) in [6, 6.07) is 9.25. The van der Waals surface area contributed by atoms with E-state index in [4.69, 9.17) is 10.5 Å². The lowest BCUT2D eigenvalue weighted by Gasteiger charge is -2.41. The van der Waals surface area contributed by atoms with Crippen LogP contribution in [0.2, 0.25) is 0 Å². The average molecular weight is 288 g/mol. The maximum absolute atomic E-state index is 6.16. The van der Waals surface area contributed by atoms with E-state index in [-0.39, 0.29) is 0 Å². The van der Waals surface area contributed by atoms with Crippen molar-refractivity contribution in [3.63, 3.8) is 0 Å². The topological polar surface area (TPSA) is 38.5 Å². The molecule has 0 spiro atoms. The fourth-order valence-electron chi connectivity index (χ4n) is 3.70. The molecule has 0 radical (unpaired) electrons. The van der Waals surface area contributed by atoms with Gasteiger partial charge in [-0.25, -0.2) is 0 Å². The van der Waals surface area contributed by atoms with Crippen LogP contribution in [-0.2, 0) is 4.74 Å². The Bertz CT molecular complexity index is 472. The van der Waals surface area contributed by atoms with E-state index >= 15 is 0 Å². The highest BCUT2D eigenvalue weighted by Gasteiger charge is 2.33. The normalized spacial score (nSPS) is 28.5. The molecule has 3 heteroatoms. The zero-order chi connectivity index (χ0) is 14.8. The summed E-state index contributed by atoms with van der Waals surface area (Å²) >= 11 is 0. The zero-order valence-corrected chi connectivity index (χ0v) is 13.3. The Balaban J connectivity index is 1.82. The second kappa shape index (κ2) is 6.47. The predicted molar refractivity (Wildman–Crippen MR) is 86.4 cm³/mol. The number of hydrogen-bond acceptors (Lipinski definition) is 3. The van der Waals surface area contributed by atoms with E-state index in [2.05, 4.69) is 36.1 Å². The predicted octanol–water partition coefficient (Wildman–Crippen LogP) is 2.92. The Morgan fingerprint density at radius 2 is 2.05 bits per heavy atom. The van der Waals surface area contributed by atoms with Gasteiger partial charge < -0.3 is 10.5 Å². The maximum atomic E-state index is 6.16. The highest BCUT2D eigenvalue weighted by atomic mass is 16.5. The standard InChI is InChI=1S/C18H28N2O/c1-13-9-10-20(12-18(13)21-2)17(11-19)16-6-4-3-5-15(16)14-7-8-14/h3-6,13-14,17-18H,7-12,19H2,1-2H3. The molecule has 1 aromatic rings. The van der Waals surface area contributed by atoms with Gasteiger partial charge >= 0.3 is 0 Å². The number of nitrogens with zero attached hydrogens (tertiary/aromatic N) is 1. The van der Waals surface area contributed by atoms with Gasteiger partial charge in [-0.05, 0) is 48.8 Å². The molecule has 0 aromatic heterocycles. The van der Waals surface area contributed by atoms with Gasteiger partial charge in [0, 0.05) is 26.2 Å². The first-order valence-corrected chi connectivity index (χ1v) is 8.30. The van der Waals surface area contributed by atoms with E-state index in [9.17, 15) is 0 Å². The molecule has 1 heterocycles. The first-order valence-electron chi connectivity index (χ1n) is 8.30. The molecule has 2 aliphatic rings. The Kier molecular flexibility index (Phi) is 4.63. The van der Waals surface area contributed by atoms with Crippen LogP contribution in [0.5, 0.6) is 0 Å². The molecule has 3 unspecified atom stereocenters. The number of piperidine rings is 1. The van der Waals surface area contributed by atoms with Gasteiger partial charge in [0.1, 0.15) is 0 Å². The summed E-state index contributed by atoms with van der Waals surface area (Å²) < 4.78 is 5.67. The van der Waals surface area contributed by atoms with Crippen molar-refractivity contribution in [2.45, 2.75) is 44.2 Å². The second-order valence-corrected chi connectivity index (χ2v) is 6.69. The van der Waals surface area contributed by atoms with Crippen molar-refractivity contribution in [3.05, 3.63) is 35.4 Å². The fourth-order valence-corrected chi connectivity index (χ4v) is 3.70. The van der Waals surface area contributed by atoms with E-state index in [1.165, 1.54) is 30.4 Å². The second-order valence-electron chi connectivity index (χ2n) is 6.69. The van der Waals surface area contributed by atoms with Crippen LogP contribution < -0.4 is 5.73 Å². The lowest BCUT2D eigenvalue weighted by molar-refractivity contribution is -0.0184. The third-order valence-electron chi connectivity index (χ3n) is 5.26. The Morgan fingerprint density at radius 3 is 2.71 bits per heavy atom. The molecule has 3 atom stereocenters. The summed E-state index contributed by atoms with van der Waals surface area (Å²) in [5, 5.41) is 0. The van der Waals surface area contributed by atoms with Crippen molar-refractivity contribution in [1.29, 1.82) is 0 Å². The lowest BCUT2D eigenvalue weighted by atomic mass is 9.91. The summed E-state index contributed by atoms with van der Waals surface area (Å²) in [5.41, 5.74) is 9.14. The quantitative estimate of drug-likeness (QED) is 0.905. The minimum Gasteiger partial charge on any atom is -0.380 e. The molecule has 1 aromatic carbocycles. The lowest BCUT2D eigenvalue weighted by Crippen LogP contribution is -2.47. The number of nitrogens with two attached hydrogens (primary N) is 1. The monoisotopic (exact) mass is 288 g/mol. The molecule has 0 amide bonds. The first-order chi connectivity index (χ1) is 10.2. The number of benzene rings is 1. The molecule has 2 N–H and O–H groups in total. The van der Waals surface area contributed by atoms with Gasteiger partial charge in [0.25, 0.3) is 0 Å². The van der Waals surface area contributed by atoms with Gasteiger partial charge in [0.05, 0.1) is 6.10 Å². The van der Waals surface area contributed by atoms with Gasteiger partial charge in [-0.15, -0.1) is 0 Å². The molecule has 21 heavy (non-hydrogen) atoms. The van der Waals surface area contributed by atoms with Crippen LogP contribution >= 0.6 is 0 Å². The summed E-state index contributed by atoms with van der Waals surface area (Å²) in [4.78, 5) is 2.54. The Morgan fingerprint density at radius 1 is 1.29 bits per heavy atom. The van der Waals surface area contributed by atoms with Crippen LogP contribution in [-0.4, -0.2) is 37.7 Å². The third kappa shape index (κ3) is 3.15. The first kappa shape index (κ1) is 15.0. The van der Waals surface area contributed by atoms with Gasteiger partial charge in [-0.2, -0.15) is 0 Å². The number of ether oxygens (including phenoxy) is 1. The van der Waals surface area contributed by atoms with Crippen LogP contribution in [0.3, 0.4) is 0 Å². The molecule has 0 bridgehead atoms. The molecule has 3 nitrogen and oxygen atoms in total. The largest absolute Gasteiger partial charge is 0.380 e. The SMILES string of the molecule is COC1CN(C(CN)c2ccccc2C2CC2)CCC1C. The van der Waals surface area contributed by atoms with Crippen LogP contribution in [0.1, 0.15) is 49.3 Å². The van der Waals surface area contributed by atoms with Gasteiger partial charge in [0.2, 0.25) is 0 Å². The number of rotatable bonds is 5. The van der Waals surface area contributed by atoms with E-state index in [1.807, 2.05) is 7.11 Å². The zero-order valence-electron chi connectivity index (χ0n) is 13.3. The van der Waals surface area contributed by atoms with Crippen molar-refractivity contribution in [3.8, 4) is 0 Å². The van der Waals surface area contributed by atoms with Crippen molar-refractivity contribution < 1.29 is 4.74 Å². The molecule has 1 aliphatic heterocycles. The molecular weight excluding hydrogens is 260 g/mol. The minimum absolute atomic E-state index is 0.334. The molecule has 3 rings (SSSR count). The maximum Gasteiger partial charge on any atom is 0.0724 e. The Labute approximate surface area is 128 Å². The molecular formula is C18H28N2O. The van der Waals surface area contributed by atoms with Crippen molar-refractivity contribution >= 4 is 0 Å². The smallest absolute Gasteiger partial charge is 0.0724 e. The average Bonchev–Trinajstić information content (AvgIpc) is 3.35. The van der Waals surface area contributed by atoms with Crippen LogP contribution in [0.25, 0.3) is 0 Å². The van der Waals surface area contributed by atoms with Crippen molar-refractivity contribution in [2.24, 2.45) is 11.7 Å². The van der Waals surface area contributed by atoms with Gasteiger partial charge in [-0.3, -0.25) is 4.90 Å². The van der Waals surface area contributed by atoms with E-state index in [0.717, 1.165) is 19.0 Å². The Hall–Kier alpha value is -0.900. The molecule has 1 aliphatic carbocycles. The van der Waals surface area contributed by atoms with Crippen LogP contribution in [0.15, 0.2) is 24.3 Å². The van der Waals surface area contributed by atoms with Crippen molar-refractivity contribution in [2.75, 3.05) is 26.7 Å². The number of hydrogen-bond donors (Lipinski definition) is 1. The third-order valence-corrected chi connectivity index (χ3v) is 5.26. The summed E-state index contributed by atoms with van der Waals surface area (Å²) in [6.07, 6.45) is 4.21. The van der Waals surface area contributed by atoms with Crippen molar-refractivity contribution in [1.82, 2.24) is 4.90 Å². The molecule has 1 saturated carbocycles. The molecule has 2 fully saturated rings. The van der Waals surface area contributed by atoms with Gasteiger partial charge in [0.15, 0.2) is 0 Å². The highest BCUT2D eigenvalue weighted by Crippen LogP contribution is 2.44. The van der Waals surface area contributed by atoms with E-state index < -0.39 is 0 Å². The number of likely N-dealkylation sites (tertiary alicyclic amines) is 1. The van der Waals surface area contributed by atoms with E-state index in [0.29, 0.717) is 24.6 Å². The fraction of sp³-hybridized carbons (Fsp3) is 0.667. The number of methoxy groups -OCH3 is 1. The van der Waals surface area contributed by atoms with Crippen LogP contribution in [0.4, 0.5) is 0 Å². The van der Waals surface area contributed by atoms with E-state index in [1.54, 1.807) is 0 Å².